The number of carbonyl (C=O) groups is 1. The zero-order valence-electron chi connectivity index (χ0n) is 15.1. The lowest BCUT2D eigenvalue weighted by Gasteiger charge is -2.26. The van der Waals surface area contributed by atoms with Gasteiger partial charge in [0.25, 0.3) is 10.0 Å². The van der Waals surface area contributed by atoms with Gasteiger partial charge in [0, 0.05) is 11.4 Å². The second-order valence-electron chi connectivity index (χ2n) is 6.02. The normalized spacial score (nSPS) is 16.2. The number of carbonyl (C=O) groups excluding carboxylic acids is 1. The van der Waals surface area contributed by atoms with Gasteiger partial charge in [0.05, 0.1) is 23.7 Å². The van der Waals surface area contributed by atoms with Gasteiger partial charge >= 0.3 is 5.97 Å². The highest BCUT2D eigenvalue weighted by Gasteiger charge is 2.33. The third kappa shape index (κ3) is 4.45. The molecule has 1 heterocycles. The molecule has 0 saturated heterocycles. The molecule has 9 heteroatoms. The summed E-state index contributed by atoms with van der Waals surface area (Å²) in [6.07, 6.45) is -0.457. The average molecular weight is 423 g/mol. The molecule has 0 N–H and O–H groups in total. The maximum atomic E-state index is 13.2. The largest absolute Gasteiger partial charge is 0.461 e. The number of rotatable bonds is 7. The van der Waals surface area contributed by atoms with Gasteiger partial charge in [0.1, 0.15) is 0 Å². The second kappa shape index (κ2) is 8.62. The quantitative estimate of drug-likeness (QED) is 0.639. The van der Waals surface area contributed by atoms with Crippen molar-refractivity contribution in [1.82, 2.24) is 0 Å². The van der Waals surface area contributed by atoms with Crippen LogP contribution in [0.1, 0.15) is 13.3 Å². The monoisotopic (exact) mass is 422 g/mol. The lowest BCUT2D eigenvalue weighted by atomic mass is 10.2. The van der Waals surface area contributed by atoms with E-state index in [1.807, 2.05) is 0 Å². The first-order valence-electron chi connectivity index (χ1n) is 8.65. The fourth-order valence-corrected chi connectivity index (χ4v) is 4.36. The predicted molar refractivity (Wildman–Crippen MR) is 106 cm³/mol. The Morgan fingerprint density at radius 2 is 1.89 bits per heavy atom. The van der Waals surface area contributed by atoms with Crippen molar-refractivity contribution >= 4 is 39.0 Å². The molecule has 0 amide bonds. The Labute approximate surface area is 168 Å². The molecular weight excluding hydrogens is 404 g/mol. The van der Waals surface area contributed by atoms with Crippen molar-refractivity contribution in [2.75, 3.05) is 17.5 Å². The lowest BCUT2D eigenvalue weighted by Crippen LogP contribution is -2.38. The Balaban J connectivity index is 1.86. The van der Waals surface area contributed by atoms with E-state index in [9.17, 15) is 13.2 Å². The van der Waals surface area contributed by atoms with Crippen LogP contribution in [0.2, 0.25) is 5.02 Å². The Hall–Kier alpha value is -2.58. The molecule has 0 bridgehead atoms. The molecule has 0 saturated carbocycles. The van der Waals surface area contributed by atoms with Gasteiger partial charge in [-0.05, 0) is 43.3 Å². The molecular formula is C19H19ClN2O5S. The highest BCUT2D eigenvalue weighted by molar-refractivity contribution is 7.92. The minimum atomic E-state index is -3.86. The molecule has 1 unspecified atom stereocenters. The van der Waals surface area contributed by atoms with Crippen LogP contribution in [0.25, 0.3) is 0 Å². The van der Waals surface area contributed by atoms with Gasteiger partial charge in [-0.2, -0.15) is 0 Å². The first-order valence-corrected chi connectivity index (χ1v) is 10.5. The van der Waals surface area contributed by atoms with E-state index in [0.717, 1.165) is 0 Å². The molecule has 148 valence electrons. The Kier molecular flexibility index (Phi) is 6.21. The van der Waals surface area contributed by atoms with Crippen molar-refractivity contribution in [2.45, 2.75) is 24.3 Å². The van der Waals surface area contributed by atoms with E-state index in [1.54, 1.807) is 49.4 Å². The number of ether oxygens (including phenoxy) is 1. The SMILES string of the molecule is CCOC(=O)C1=NOC(CN(c2ccc(Cl)cc2)S(=O)(=O)c2ccccc2)C1. The minimum absolute atomic E-state index is 0.0226. The van der Waals surface area contributed by atoms with Crippen LogP contribution in [0, 0.1) is 0 Å². The fraction of sp³-hybridized carbons (Fsp3) is 0.263. The van der Waals surface area contributed by atoms with Crippen LogP contribution < -0.4 is 4.31 Å². The van der Waals surface area contributed by atoms with Gasteiger partial charge in [0.15, 0.2) is 11.8 Å². The Morgan fingerprint density at radius 1 is 1.21 bits per heavy atom. The van der Waals surface area contributed by atoms with Gasteiger partial charge in [-0.3, -0.25) is 4.31 Å². The summed E-state index contributed by atoms with van der Waals surface area (Å²) in [5.74, 6) is -0.561. The van der Waals surface area contributed by atoms with Crippen LogP contribution >= 0.6 is 11.6 Å². The van der Waals surface area contributed by atoms with Crippen LogP contribution in [-0.2, 0) is 24.4 Å². The minimum Gasteiger partial charge on any atom is -0.461 e. The van der Waals surface area contributed by atoms with Gasteiger partial charge in [-0.15, -0.1) is 0 Å². The maximum Gasteiger partial charge on any atom is 0.356 e. The second-order valence-corrected chi connectivity index (χ2v) is 8.31. The number of hydrogen-bond acceptors (Lipinski definition) is 6. The van der Waals surface area contributed by atoms with Crippen molar-refractivity contribution in [1.29, 1.82) is 0 Å². The summed E-state index contributed by atoms with van der Waals surface area (Å²) in [5, 5.41) is 4.24. The Morgan fingerprint density at radius 3 is 2.54 bits per heavy atom. The van der Waals surface area contributed by atoms with E-state index in [0.29, 0.717) is 10.7 Å². The highest BCUT2D eigenvalue weighted by Crippen LogP contribution is 2.27. The topological polar surface area (TPSA) is 85.3 Å². The summed E-state index contributed by atoms with van der Waals surface area (Å²) in [7, 11) is -3.86. The number of halogens is 1. The molecule has 1 aliphatic rings. The van der Waals surface area contributed by atoms with Gasteiger partial charge in [0.2, 0.25) is 0 Å². The zero-order valence-corrected chi connectivity index (χ0v) is 16.7. The summed E-state index contributed by atoms with van der Waals surface area (Å²) >= 11 is 5.94. The van der Waals surface area contributed by atoms with Crippen molar-refractivity contribution in [2.24, 2.45) is 5.16 Å². The summed E-state index contributed by atoms with van der Waals surface area (Å²) in [6, 6.07) is 14.5. The Bertz CT molecular complexity index is 962. The molecule has 2 aromatic carbocycles. The molecule has 0 radical (unpaired) electrons. The van der Waals surface area contributed by atoms with Crippen LogP contribution in [0.4, 0.5) is 5.69 Å². The van der Waals surface area contributed by atoms with Crippen LogP contribution in [-0.4, -0.2) is 39.4 Å². The maximum absolute atomic E-state index is 13.2. The standard InChI is InChI=1S/C19H19ClN2O5S/c1-2-26-19(23)18-12-16(27-21-18)13-22(15-10-8-14(20)9-11-15)28(24,25)17-6-4-3-5-7-17/h3-11,16H,2,12-13H2,1H3. The van der Waals surface area contributed by atoms with Crippen molar-refractivity contribution < 1.29 is 22.8 Å². The van der Waals surface area contributed by atoms with Gasteiger partial charge < -0.3 is 9.57 Å². The van der Waals surface area contributed by atoms with Crippen LogP contribution in [0.15, 0.2) is 64.6 Å². The van der Waals surface area contributed by atoms with Crippen molar-refractivity contribution in [3.8, 4) is 0 Å². The van der Waals surface area contributed by atoms with Crippen molar-refractivity contribution in [3.05, 3.63) is 59.6 Å². The number of hydrogen-bond donors (Lipinski definition) is 0. The molecule has 28 heavy (non-hydrogen) atoms. The third-order valence-corrected chi connectivity index (χ3v) is 6.12. The number of nitrogens with zero attached hydrogens (tertiary/aromatic N) is 2. The van der Waals surface area contributed by atoms with E-state index in [4.69, 9.17) is 21.2 Å². The number of sulfonamides is 1. The fourth-order valence-electron chi connectivity index (χ4n) is 2.72. The first kappa shape index (κ1) is 20.2. The van der Waals surface area contributed by atoms with E-state index in [-0.39, 0.29) is 30.2 Å². The lowest BCUT2D eigenvalue weighted by molar-refractivity contribution is -0.135. The molecule has 1 atom stereocenters. The molecule has 3 rings (SSSR count). The molecule has 0 aliphatic carbocycles. The predicted octanol–water partition coefficient (Wildman–Crippen LogP) is 3.24. The number of benzene rings is 2. The molecule has 0 fully saturated rings. The summed E-state index contributed by atoms with van der Waals surface area (Å²) in [4.78, 5) is 17.3. The molecule has 1 aliphatic heterocycles. The van der Waals surface area contributed by atoms with Crippen LogP contribution in [0.5, 0.6) is 0 Å². The van der Waals surface area contributed by atoms with E-state index in [1.165, 1.54) is 16.4 Å². The molecule has 0 aromatic heterocycles. The van der Waals surface area contributed by atoms with Crippen LogP contribution in [0.3, 0.4) is 0 Å². The zero-order chi connectivity index (χ0) is 20.1. The molecule has 2 aromatic rings. The average Bonchev–Trinajstić information content (AvgIpc) is 3.17. The first-order chi connectivity index (χ1) is 13.4. The number of anilines is 1. The smallest absolute Gasteiger partial charge is 0.356 e. The van der Waals surface area contributed by atoms with E-state index < -0.39 is 22.1 Å². The third-order valence-electron chi connectivity index (χ3n) is 4.06. The van der Waals surface area contributed by atoms with Crippen molar-refractivity contribution in [3.63, 3.8) is 0 Å². The summed E-state index contributed by atoms with van der Waals surface area (Å²) < 4.78 is 32.6. The molecule has 7 nitrogen and oxygen atoms in total. The van der Waals surface area contributed by atoms with Gasteiger partial charge in [-0.1, -0.05) is 35.0 Å². The number of oxime groups is 1. The van der Waals surface area contributed by atoms with E-state index in [2.05, 4.69) is 5.16 Å². The summed E-state index contributed by atoms with van der Waals surface area (Å²) in [6.45, 7) is 1.90. The number of esters is 1. The highest BCUT2D eigenvalue weighted by atomic mass is 35.5. The molecule has 0 spiro atoms. The summed E-state index contributed by atoms with van der Waals surface area (Å²) in [5.41, 5.74) is 0.571. The van der Waals surface area contributed by atoms with E-state index >= 15 is 0 Å². The van der Waals surface area contributed by atoms with Gasteiger partial charge in [-0.25, -0.2) is 13.2 Å².